The number of hydrogen-bond donors (Lipinski definition) is 1. The van der Waals surface area contributed by atoms with Gasteiger partial charge in [-0.05, 0) is 43.3 Å². The predicted molar refractivity (Wildman–Crippen MR) is 123 cm³/mol. The van der Waals surface area contributed by atoms with Crippen LogP contribution in [0.2, 0.25) is 10.0 Å². The fourth-order valence-electron chi connectivity index (χ4n) is 2.93. The third kappa shape index (κ3) is 4.85. The fraction of sp³-hybridized carbons (Fsp3) is 0.0909. The Morgan fingerprint density at radius 3 is 2.39 bits per heavy atom. The van der Waals surface area contributed by atoms with Crippen molar-refractivity contribution in [3.05, 3.63) is 96.6 Å². The summed E-state index contributed by atoms with van der Waals surface area (Å²) in [7, 11) is 0. The van der Waals surface area contributed by atoms with E-state index in [2.05, 4.69) is 15.4 Å². The van der Waals surface area contributed by atoms with Crippen molar-refractivity contribution in [1.29, 1.82) is 0 Å². The minimum Gasteiger partial charge on any atom is -0.344 e. The lowest BCUT2D eigenvalue weighted by atomic mass is 10.2. The molecule has 1 amide bonds. The van der Waals surface area contributed by atoms with Crippen LogP contribution in [-0.4, -0.2) is 20.7 Å². The first-order valence-electron chi connectivity index (χ1n) is 9.26. The third-order valence-electron chi connectivity index (χ3n) is 4.49. The number of nitrogens with zero attached hydrogens (tertiary/aromatic N) is 3. The molecule has 0 spiro atoms. The lowest BCUT2D eigenvalue weighted by Gasteiger charge is -2.11. The molecule has 31 heavy (non-hydrogen) atoms. The summed E-state index contributed by atoms with van der Waals surface area (Å²) in [4.78, 5) is 29.6. The van der Waals surface area contributed by atoms with Gasteiger partial charge in [0.05, 0.1) is 17.9 Å². The molecular formula is C22H16Cl2N4O2S. The van der Waals surface area contributed by atoms with Gasteiger partial charge in [-0.1, -0.05) is 35.3 Å². The highest BCUT2D eigenvalue weighted by atomic mass is 35.5. The van der Waals surface area contributed by atoms with Crippen molar-refractivity contribution in [2.45, 2.75) is 13.5 Å². The van der Waals surface area contributed by atoms with E-state index < -0.39 is 11.3 Å². The molecule has 2 aromatic heterocycles. The Hall–Kier alpha value is -3.00. The number of hydrogen-bond acceptors (Lipinski definition) is 5. The molecule has 0 aliphatic rings. The first kappa shape index (κ1) is 21.2. The van der Waals surface area contributed by atoms with Crippen molar-refractivity contribution in [1.82, 2.24) is 20.1 Å². The lowest BCUT2D eigenvalue weighted by molar-refractivity contribution is 0.0943. The van der Waals surface area contributed by atoms with Crippen molar-refractivity contribution < 1.29 is 4.79 Å². The van der Waals surface area contributed by atoms with Crippen LogP contribution in [0.25, 0.3) is 16.9 Å². The average Bonchev–Trinajstić information content (AvgIpc) is 3.22. The highest BCUT2D eigenvalue weighted by Crippen LogP contribution is 2.23. The minimum atomic E-state index is -0.559. The van der Waals surface area contributed by atoms with Crippen molar-refractivity contribution >= 4 is 40.4 Å². The Morgan fingerprint density at radius 2 is 1.71 bits per heavy atom. The summed E-state index contributed by atoms with van der Waals surface area (Å²) < 4.78 is 1.54. The molecule has 2 heterocycles. The summed E-state index contributed by atoms with van der Waals surface area (Å²) in [5, 5.41) is 10.8. The molecule has 0 aliphatic heterocycles. The molecular weight excluding hydrogens is 455 g/mol. The Morgan fingerprint density at radius 1 is 1.06 bits per heavy atom. The van der Waals surface area contributed by atoms with E-state index in [-0.39, 0.29) is 12.2 Å². The van der Waals surface area contributed by atoms with Crippen LogP contribution in [-0.2, 0) is 6.54 Å². The number of benzene rings is 2. The standard InChI is InChI=1S/C22H16Cl2N4O2S/c1-13-10-19(29)21(27-28(13)17-8-6-16(24)7-9-17)22(30)25-11-20-26-18(12-31-20)14-2-4-15(23)5-3-14/h2-10,12H,11H2,1H3,(H,25,30). The number of rotatable bonds is 5. The molecule has 0 radical (unpaired) electrons. The molecule has 0 atom stereocenters. The predicted octanol–water partition coefficient (Wildman–Crippen LogP) is 4.90. The maximum atomic E-state index is 12.7. The molecule has 156 valence electrons. The summed E-state index contributed by atoms with van der Waals surface area (Å²) >= 11 is 13.3. The zero-order chi connectivity index (χ0) is 22.0. The molecule has 0 saturated heterocycles. The number of aryl methyl sites for hydroxylation is 1. The van der Waals surface area contributed by atoms with Crippen LogP contribution in [0.15, 0.2) is 64.8 Å². The Balaban J connectivity index is 1.51. The topological polar surface area (TPSA) is 76.9 Å². The molecule has 0 aliphatic carbocycles. The van der Waals surface area contributed by atoms with E-state index in [0.29, 0.717) is 26.4 Å². The third-order valence-corrected chi connectivity index (χ3v) is 5.84. The second kappa shape index (κ2) is 9.01. The van der Waals surface area contributed by atoms with Crippen LogP contribution in [0.4, 0.5) is 0 Å². The first-order valence-corrected chi connectivity index (χ1v) is 10.9. The quantitative estimate of drug-likeness (QED) is 0.449. The van der Waals surface area contributed by atoms with Gasteiger partial charge in [-0.15, -0.1) is 11.3 Å². The Bertz CT molecular complexity index is 1300. The highest BCUT2D eigenvalue weighted by molar-refractivity contribution is 7.09. The summed E-state index contributed by atoms with van der Waals surface area (Å²) in [6.45, 7) is 1.94. The van der Waals surface area contributed by atoms with Crippen molar-refractivity contribution in [3.63, 3.8) is 0 Å². The average molecular weight is 471 g/mol. The Labute approximate surface area is 192 Å². The smallest absolute Gasteiger partial charge is 0.276 e. The van der Waals surface area contributed by atoms with E-state index in [4.69, 9.17) is 23.2 Å². The monoisotopic (exact) mass is 470 g/mol. The van der Waals surface area contributed by atoms with Gasteiger partial charge in [0.1, 0.15) is 5.01 Å². The van der Waals surface area contributed by atoms with E-state index in [9.17, 15) is 9.59 Å². The second-order valence-corrected chi connectivity index (χ2v) is 8.52. The van der Waals surface area contributed by atoms with Gasteiger partial charge in [-0.2, -0.15) is 5.10 Å². The van der Waals surface area contributed by atoms with Crippen LogP contribution in [0.1, 0.15) is 21.2 Å². The van der Waals surface area contributed by atoms with Crippen molar-refractivity contribution in [3.8, 4) is 16.9 Å². The van der Waals surface area contributed by atoms with Crippen LogP contribution < -0.4 is 10.7 Å². The molecule has 0 fully saturated rings. The normalized spacial score (nSPS) is 10.8. The van der Waals surface area contributed by atoms with Crippen LogP contribution in [0.3, 0.4) is 0 Å². The highest BCUT2D eigenvalue weighted by Gasteiger charge is 2.16. The second-order valence-electron chi connectivity index (χ2n) is 6.70. The minimum absolute atomic E-state index is 0.185. The molecule has 4 aromatic rings. The van der Waals surface area contributed by atoms with E-state index in [0.717, 1.165) is 11.3 Å². The largest absolute Gasteiger partial charge is 0.344 e. The zero-order valence-corrected chi connectivity index (χ0v) is 18.6. The van der Waals surface area contributed by atoms with E-state index in [1.807, 2.05) is 17.5 Å². The zero-order valence-electron chi connectivity index (χ0n) is 16.3. The van der Waals surface area contributed by atoms with Gasteiger partial charge in [0, 0.05) is 32.7 Å². The molecule has 0 unspecified atom stereocenters. The molecule has 9 heteroatoms. The SMILES string of the molecule is Cc1cc(=O)c(C(=O)NCc2nc(-c3ccc(Cl)cc3)cs2)nn1-c1ccc(Cl)cc1. The number of amides is 1. The van der Waals surface area contributed by atoms with E-state index in [1.54, 1.807) is 43.3 Å². The Kier molecular flexibility index (Phi) is 6.18. The van der Waals surface area contributed by atoms with E-state index >= 15 is 0 Å². The lowest BCUT2D eigenvalue weighted by Crippen LogP contribution is -2.31. The van der Waals surface area contributed by atoms with Crippen LogP contribution in [0, 0.1) is 6.92 Å². The summed E-state index contributed by atoms with van der Waals surface area (Å²) in [6.07, 6.45) is 0. The number of aromatic nitrogens is 3. The number of carbonyl (C=O) groups is 1. The van der Waals surface area contributed by atoms with Gasteiger partial charge in [0.2, 0.25) is 5.43 Å². The van der Waals surface area contributed by atoms with Gasteiger partial charge in [0.15, 0.2) is 5.69 Å². The molecule has 0 saturated carbocycles. The molecule has 2 aromatic carbocycles. The summed E-state index contributed by atoms with van der Waals surface area (Å²) in [5.41, 5.74) is 2.41. The first-order chi connectivity index (χ1) is 14.9. The van der Waals surface area contributed by atoms with Gasteiger partial charge in [-0.25, -0.2) is 9.67 Å². The van der Waals surface area contributed by atoms with Crippen LogP contribution in [0.5, 0.6) is 0 Å². The van der Waals surface area contributed by atoms with Crippen LogP contribution >= 0.6 is 34.5 Å². The van der Waals surface area contributed by atoms with Crippen molar-refractivity contribution in [2.24, 2.45) is 0 Å². The van der Waals surface area contributed by atoms with Crippen molar-refractivity contribution in [2.75, 3.05) is 0 Å². The molecule has 1 N–H and O–H groups in total. The number of nitrogens with one attached hydrogen (secondary N) is 1. The maximum absolute atomic E-state index is 12.7. The maximum Gasteiger partial charge on any atom is 0.276 e. The fourth-order valence-corrected chi connectivity index (χ4v) is 3.93. The van der Waals surface area contributed by atoms with Gasteiger partial charge in [-0.3, -0.25) is 9.59 Å². The molecule has 0 bridgehead atoms. The summed E-state index contributed by atoms with van der Waals surface area (Å²) in [6, 6.07) is 15.7. The van der Waals surface area contributed by atoms with Gasteiger partial charge >= 0.3 is 0 Å². The summed E-state index contributed by atoms with van der Waals surface area (Å²) in [5.74, 6) is -0.559. The number of thiazole rings is 1. The molecule has 6 nitrogen and oxygen atoms in total. The number of halogens is 2. The van der Waals surface area contributed by atoms with Gasteiger partial charge in [0.25, 0.3) is 5.91 Å². The number of carbonyl (C=O) groups excluding carboxylic acids is 1. The van der Waals surface area contributed by atoms with E-state index in [1.165, 1.54) is 22.1 Å². The molecule has 4 rings (SSSR count). The van der Waals surface area contributed by atoms with Gasteiger partial charge < -0.3 is 5.32 Å².